The first-order chi connectivity index (χ1) is 11.1. The standard InChI is InChI=1S/C18H27N3O2/c1-18(13-19)6-7-21(14-18)17(22)16-5-3-2-4-15(16)12-20-8-10-23-11-9-20/h2-5H,6-14,19H2,1H3. The van der Waals surface area contributed by atoms with Gasteiger partial charge >= 0.3 is 0 Å². The molecule has 2 fully saturated rings. The van der Waals surface area contributed by atoms with Gasteiger partial charge in [0.25, 0.3) is 5.91 Å². The Balaban J connectivity index is 1.73. The minimum atomic E-state index is 0.0643. The van der Waals surface area contributed by atoms with Gasteiger partial charge in [0, 0.05) is 38.3 Å². The number of ether oxygens (including phenoxy) is 1. The monoisotopic (exact) mass is 317 g/mol. The number of benzene rings is 1. The highest BCUT2D eigenvalue weighted by Gasteiger charge is 2.35. The van der Waals surface area contributed by atoms with Gasteiger partial charge in [0.05, 0.1) is 13.2 Å². The maximum absolute atomic E-state index is 13.0. The van der Waals surface area contributed by atoms with E-state index < -0.39 is 0 Å². The van der Waals surface area contributed by atoms with Crippen LogP contribution in [0.25, 0.3) is 0 Å². The van der Waals surface area contributed by atoms with Crippen molar-refractivity contribution in [3.8, 4) is 0 Å². The number of amides is 1. The molecule has 5 heteroatoms. The predicted octanol–water partition coefficient (Wildman–Crippen LogP) is 1.33. The zero-order chi connectivity index (χ0) is 16.3. The van der Waals surface area contributed by atoms with Crippen LogP contribution >= 0.6 is 0 Å². The molecule has 0 radical (unpaired) electrons. The van der Waals surface area contributed by atoms with Crippen LogP contribution in [0.5, 0.6) is 0 Å². The molecule has 0 bridgehead atoms. The lowest BCUT2D eigenvalue weighted by molar-refractivity contribution is 0.0340. The quantitative estimate of drug-likeness (QED) is 0.910. The number of rotatable bonds is 4. The molecular formula is C18H27N3O2. The largest absolute Gasteiger partial charge is 0.379 e. The van der Waals surface area contributed by atoms with Gasteiger partial charge in [0.15, 0.2) is 0 Å². The maximum atomic E-state index is 13.0. The number of likely N-dealkylation sites (tertiary alicyclic amines) is 1. The highest BCUT2D eigenvalue weighted by atomic mass is 16.5. The fourth-order valence-electron chi connectivity index (χ4n) is 3.40. The summed E-state index contributed by atoms with van der Waals surface area (Å²) < 4.78 is 5.40. The molecule has 1 atom stereocenters. The van der Waals surface area contributed by atoms with Gasteiger partial charge in [-0.15, -0.1) is 0 Å². The van der Waals surface area contributed by atoms with Crippen LogP contribution in [0.1, 0.15) is 29.3 Å². The van der Waals surface area contributed by atoms with E-state index in [-0.39, 0.29) is 11.3 Å². The summed E-state index contributed by atoms with van der Waals surface area (Å²) in [5.74, 6) is 0.144. The Kier molecular flexibility index (Phi) is 4.99. The van der Waals surface area contributed by atoms with Gasteiger partial charge in [0.1, 0.15) is 0 Å². The predicted molar refractivity (Wildman–Crippen MR) is 90.2 cm³/mol. The van der Waals surface area contributed by atoms with E-state index in [4.69, 9.17) is 10.5 Å². The second-order valence-corrected chi connectivity index (χ2v) is 7.04. The second-order valence-electron chi connectivity index (χ2n) is 7.04. The molecule has 1 aromatic carbocycles. The summed E-state index contributed by atoms with van der Waals surface area (Å²) >= 11 is 0. The van der Waals surface area contributed by atoms with E-state index in [0.717, 1.165) is 63.5 Å². The van der Waals surface area contributed by atoms with Crippen LogP contribution in [-0.4, -0.2) is 61.6 Å². The van der Waals surface area contributed by atoms with Crippen LogP contribution in [-0.2, 0) is 11.3 Å². The highest BCUT2D eigenvalue weighted by Crippen LogP contribution is 2.30. The van der Waals surface area contributed by atoms with Gasteiger partial charge in [-0.3, -0.25) is 9.69 Å². The minimum absolute atomic E-state index is 0.0643. The van der Waals surface area contributed by atoms with Crippen molar-refractivity contribution < 1.29 is 9.53 Å². The molecule has 23 heavy (non-hydrogen) atoms. The number of carbonyl (C=O) groups excluding carboxylic acids is 1. The number of hydrogen-bond donors (Lipinski definition) is 1. The first-order valence-electron chi connectivity index (χ1n) is 8.49. The first kappa shape index (κ1) is 16.4. The van der Waals surface area contributed by atoms with Gasteiger partial charge in [-0.2, -0.15) is 0 Å². The normalized spacial score (nSPS) is 25.7. The Morgan fingerprint density at radius 3 is 2.70 bits per heavy atom. The van der Waals surface area contributed by atoms with E-state index in [0.29, 0.717) is 6.54 Å². The first-order valence-corrected chi connectivity index (χ1v) is 8.49. The molecule has 1 amide bonds. The lowest BCUT2D eigenvalue weighted by Gasteiger charge is -2.28. The summed E-state index contributed by atoms with van der Waals surface area (Å²) in [5, 5.41) is 0. The molecule has 3 rings (SSSR count). The molecule has 2 saturated heterocycles. The molecule has 2 aliphatic rings. The van der Waals surface area contributed by atoms with Crippen molar-refractivity contribution in [2.45, 2.75) is 19.9 Å². The molecule has 2 heterocycles. The van der Waals surface area contributed by atoms with Crippen molar-refractivity contribution in [2.75, 3.05) is 45.9 Å². The molecule has 0 saturated carbocycles. The van der Waals surface area contributed by atoms with Crippen LogP contribution in [0, 0.1) is 5.41 Å². The highest BCUT2D eigenvalue weighted by molar-refractivity contribution is 5.95. The Labute approximate surface area is 138 Å². The average molecular weight is 317 g/mol. The number of hydrogen-bond acceptors (Lipinski definition) is 4. The van der Waals surface area contributed by atoms with Crippen LogP contribution < -0.4 is 5.73 Å². The van der Waals surface area contributed by atoms with Crippen LogP contribution in [0.15, 0.2) is 24.3 Å². The third kappa shape index (κ3) is 3.74. The fourth-order valence-corrected chi connectivity index (χ4v) is 3.40. The number of carbonyl (C=O) groups is 1. The van der Waals surface area contributed by atoms with E-state index in [1.54, 1.807) is 0 Å². The van der Waals surface area contributed by atoms with Gasteiger partial charge in [-0.25, -0.2) is 0 Å². The van der Waals surface area contributed by atoms with Crippen LogP contribution in [0.4, 0.5) is 0 Å². The van der Waals surface area contributed by atoms with Crippen molar-refractivity contribution in [1.82, 2.24) is 9.80 Å². The van der Waals surface area contributed by atoms with E-state index in [1.807, 2.05) is 23.1 Å². The van der Waals surface area contributed by atoms with E-state index >= 15 is 0 Å². The average Bonchev–Trinajstić information content (AvgIpc) is 2.99. The van der Waals surface area contributed by atoms with Crippen LogP contribution in [0.3, 0.4) is 0 Å². The summed E-state index contributed by atoms with van der Waals surface area (Å²) in [6.45, 7) is 8.58. The van der Waals surface area contributed by atoms with Crippen molar-refractivity contribution in [3.05, 3.63) is 35.4 Å². The Morgan fingerprint density at radius 2 is 2.00 bits per heavy atom. The van der Waals surface area contributed by atoms with Crippen molar-refractivity contribution >= 4 is 5.91 Å². The SMILES string of the molecule is CC1(CN)CCN(C(=O)c2ccccc2CN2CCOCC2)C1. The zero-order valence-electron chi connectivity index (χ0n) is 14.0. The smallest absolute Gasteiger partial charge is 0.254 e. The van der Waals surface area contributed by atoms with Crippen molar-refractivity contribution in [3.63, 3.8) is 0 Å². The fraction of sp³-hybridized carbons (Fsp3) is 0.611. The van der Waals surface area contributed by atoms with Crippen molar-refractivity contribution in [2.24, 2.45) is 11.1 Å². The lowest BCUT2D eigenvalue weighted by atomic mass is 9.90. The molecule has 0 aromatic heterocycles. The molecule has 2 N–H and O–H groups in total. The summed E-state index contributed by atoms with van der Waals surface area (Å²) in [6, 6.07) is 7.99. The summed E-state index contributed by atoms with van der Waals surface area (Å²) in [7, 11) is 0. The molecule has 1 aromatic rings. The maximum Gasteiger partial charge on any atom is 0.254 e. The van der Waals surface area contributed by atoms with Gasteiger partial charge in [0.2, 0.25) is 0 Å². The topological polar surface area (TPSA) is 58.8 Å². The zero-order valence-corrected chi connectivity index (χ0v) is 14.0. The van der Waals surface area contributed by atoms with Gasteiger partial charge < -0.3 is 15.4 Å². The van der Waals surface area contributed by atoms with Crippen LogP contribution in [0.2, 0.25) is 0 Å². The van der Waals surface area contributed by atoms with E-state index in [9.17, 15) is 4.79 Å². The van der Waals surface area contributed by atoms with Crippen molar-refractivity contribution in [1.29, 1.82) is 0 Å². The minimum Gasteiger partial charge on any atom is -0.379 e. The van der Waals surface area contributed by atoms with E-state index in [1.165, 1.54) is 0 Å². The summed E-state index contributed by atoms with van der Waals surface area (Å²) in [5.41, 5.74) is 7.88. The molecule has 2 aliphatic heterocycles. The Bertz CT molecular complexity index is 557. The van der Waals surface area contributed by atoms with Gasteiger partial charge in [-0.1, -0.05) is 25.1 Å². The molecule has 126 valence electrons. The third-order valence-corrected chi connectivity index (χ3v) is 5.08. The Hall–Kier alpha value is -1.43. The van der Waals surface area contributed by atoms with E-state index in [2.05, 4.69) is 17.9 Å². The molecule has 5 nitrogen and oxygen atoms in total. The Morgan fingerprint density at radius 1 is 1.26 bits per heavy atom. The second kappa shape index (κ2) is 6.99. The lowest BCUT2D eigenvalue weighted by Crippen LogP contribution is -2.37. The number of nitrogens with two attached hydrogens (primary N) is 1. The molecular weight excluding hydrogens is 290 g/mol. The summed E-state index contributed by atoms with van der Waals surface area (Å²) in [4.78, 5) is 17.3. The molecule has 1 unspecified atom stereocenters. The molecule has 0 spiro atoms. The molecule has 0 aliphatic carbocycles. The van der Waals surface area contributed by atoms with Gasteiger partial charge in [-0.05, 0) is 30.0 Å². The summed E-state index contributed by atoms with van der Waals surface area (Å²) in [6.07, 6.45) is 0.987. The number of nitrogens with zero attached hydrogens (tertiary/aromatic N) is 2. The number of morpholine rings is 1. The third-order valence-electron chi connectivity index (χ3n) is 5.08.